The van der Waals surface area contributed by atoms with Crippen molar-refractivity contribution >= 4 is 17.3 Å². The lowest BCUT2D eigenvalue weighted by Crippen LogP contribution is -2.15. The molecule has 0 bridgehead atoms. The summed E-state index contributed by atoms with van der Waals surface area (Å²) < 4.78 is 4.73. The Morgan fingerprint density at radius 3 is 2.55 bits per heavy atom. The maximum atomic E-state index is 11.4. The zero-order valence-electron chi connectivity index (χ0n) is 11.8. The molecule has 0 aliphatic carbocycles. The van der Waals surface area contributed by atoms with E-state index >= 15 is 0 Å². The second-order valence-electron chi connectivity index (χ2n) is 4.64. The lowest BCUT2D eigenvalue weighted by molar-refractivity contribution is -0.139. The van der Waals surface area contributed by atoms with Crippen molar-refractivity contribution in [2.45, 2.75) is 26.4 Å². The number of hydrogen-bond donors (Lipinski definition) is 1. The summed E-state index contributed by atoms with van der Waals surface area (Å²) in [4.78, 5) is 14.0. The van der Waals surface area contributed by atoms with Gasteiger partial charge in [-0.3, -0.25) is 4.79 Å². The van der Waals surface area contributed by atoms with Crippen molar-refractivity contribution < 1.29 is 9.53 Å². The average molecular weight is 289 g/mol. The maximum Gasteiger partial charge on any atom is 0.309 e. The highest BCUT2D eigenvalue weighted by Gasteiger charge is 2.07. The fraction of sp³-hybridized carbons (Fsp3) is 0.312. The molecule has 2 aromatic rings. The van der Waals surface area contributed by atoms with Crippen LogP contribution >= 0.6 is 11.3 Å². The van der Waals surface area contributed by atoms with Crippen LogP contribution in [0, 0.1) is 6.92 Å². The van der Waals surface area contributed by atoms with E-state index < -0.39 is 0 Å². The second-order valence-corrected chi connectivity index (χ2v) is 6.01. The molecule has 20 heavy (non-hydrogen) atoms. The van der Waals surface area contributed by atoms with Gasteiger partial charge in [-0.15, -0.1) is 11.3 Å². The number of carbonyl (C=O) groups is 1. The Balaban J connectivity index is 1.93. The third kappa shape index (κ3) is 4.18. The molecule has 0 spiro atoms. The Morgan fingerprint density at radius 1 is 1.15 bits per heavy atom. The predicted molar refractivity (Wildman–Crippen MR) is 81.8 cm³/mol. The predicted octanol–water partition coefficient (Wildman–Crippen LogP) is 3.06. The molecule has 0 aliphatic rings. The monoisotopic (exact) mass is 289 g/mol. The van der Waals surface area contributed by atoms with E-state index in [1.807, 2.05) is 24.3 Å². The summed E-state index contributed by atoms with van der Waals surface area (Å²) in [5.74, 6) is -0.202. The van der Waals surface area contributed by atoms with Gasteiger partial charge in [0.1, 0.15) is 0 Å². The molecule has 106 valence electrons. The summed E-state index contributed by atoms with van der Waals surface area (Å²) in [7, 11) is 1.42. The Bertz CT molecular complexity index is 577. The Kier molecular flexibility index (Phi) is 5.32. The number of thiophene rings is 1. The molecule has 0 saturated heterocycles. The first-order valence-corrected chi connectivity index (χ1v) is 7.40. The Hall–Kier alpha value is -1.65. The first-order valence-electron chi connectivity index (χ1n) is 6.58. The van der Waals surface area contributed by atoms with E-state index in [1.165, 1.54) is 16.9 Å². The lowest BCUT2D eigenvalue weighted by atomic mass is 10.0. The first-order chi connectivity index (χ1) is 9.69. The van der Waals surface area contributed by atoms with Crippen LogP contribution in [0.15, 0.2) is 36.4 Å². The van der Waals surface area contributed by atoms with Gasteiger partial charge in [-0.05, 0) is 30.2 Å². The molecule has 1 aromatic heterocycles. The minimum Gasteiger partial charge on any atom is -0.469 e. The van der Waals surface area contributed by atoms with E-state index in [-0.39, 0.29) is 5.97 Å². The smallest absolute Gasteiger partial charge is 0.309 e. The number of carbonyl (C=O) groups excluding carboxylic acids is 1. The molecule has 0 radical (unpaired) electrons. The molecule has 1 heterocycles. The van der Waals surface area contributed by atoms with Gasteiger partial charge in [-0.2, -0.15) is 0 Å². The number of methoxy groups -OCH3 is 1. The van der Waals surface area contributed by atoms with Gasteiger partial charge in [-0.25, -0.2) is 0 Å². The molecule has 0 saturated carbocycles. The van der Waals surface area contributed by atoms with E-state index in [4.69, 9.17) is 4.74 Å². The van der Waals surface area contributed by atoms with Gasteiger partial charge in [0.2, 0.25) is 0 Å². The fourth-order valence-corrected chi connectivity index (χ4v) is 2.89. The minimum atomic E-state index is -0.202. The molecular weight excluding hydrogens is 270 g/mol. The van der Waals surface area contributed by atoms with Crippen molar-refractivity contribution in [2.24, 2.45) is 0 Å². The molecular formula is C16H19NO2S. The van der Waals surface area contributed by atoms with Crippen LogP contribution in [0.4, 0.5) is 0 Å². The van der Waals surface area contributed by atoms with Crippen LogP contribution in [0.2, 0.25) is 0 Å². The van der Waals surface area contributed by atoms with E-state index in [2.05, 4.69) is 24.4 Å². The number of ether oxygens (including phenoxy) is 1. The quantitative estimate of drug-likeness (QED) is 0.831. The number of benzene rings is 1. The van der Waals surface area contributed by atoms with Gasteiger partial charge in [0.25, 0.3) is 0 Å². The summed E-state index contributed by atoms with van der Waals surface area (Å²) in [5, 5.41) is 3.42. The van der Waals surface area contributed by atoms with Crippen LogP contribution < -0.4 is 5.32 Å². The second kappa shape index (κ2) is 7.22. The van der Waals surface area contributed by atoms with Gasteiger partial charge in [0, 0.05) is 22.8 Å². The molecule has 0 atom stereocenters. The third-order valence-electron chi connectivity index (χ3n) is 3.09. The highest BCUT2D eigenvalue weighted by molar-refractivity contribution is 7.11. The third-order valence-corrected chi connectivity index (χ3v) is 4.09. The molecule has 0 amide bonds. The van der Waals surface area contributed by atoms with Crippen LogP contribution in [0.25, 0.3) is 0 Å². The van der Waals surface area contributed by atoms with Crippen molar-refractivity contribution in [3.8, 4) is 0 Å². The Morgan fingerprint density at radius 2 is 1.90 bits per heavy atom. The van der Waals surface area contributed by atoms with E-state index in [0.717, 1.165) is 24.2 Å². The Labute approximate surface area is 123 Å². The fourth-order valence-electron chi connectivity index (χ4n) is 2.03. The highest BCUT2D eigenvalue weighted by Crippen LogP contribution is 2.15. The lowest BCUT2D eigenvalue weighted by Gasteiger charge is -2.09. The summed E-state index contributed by atoms with van der Waals surface area (Å²) in [6.45, 7) is 3.72. The normalized spacial score (nSPS) is 10.5. The van der Waals surface area contributed by atoms with Crippen LogP contribution in [0.3, 0.4) is 0 Å². The SMILES string of the molecule is COC(=O)Cc1ccccc1CNCc1ccc(C)s1. The van der Waals surface area contributed by atoms with Crippen molar-refractivity contribution in [1.29, 1.82) is 0 Å². The van der Waals surface area contributed by atoms with Gasteiger partial charge < -0.3 is 10.1 Å². The summed E-state index contributed by atoms with van der Waals surface area (Å²) >= 11 is 1.80. The number of hydrogen-bond acceptors (Lipinski definition) is 4. The molecule has 1 N–H and O–H groups in total. The highest BCUT2D eigenvalue weighted by atomic mass is 32.1. The molecule has 4 heteroatoms. The van der Waals surface area contributed by atoms with Gasteiger partial charge in [-0.1, -0.05) is 24.3 Å². The van der Waals surface area contributed by atoms with Gasteiger partial charge in [0.15, 0.2) is 0 Å². The van der Waals surface area contributed by atoms with Crippen molar-refractivity contribution in [3.05, 3.63) is 57.3 Å². The first kappa shape index (κ1) is 14.8. The average Bonchev–Trinajstić information content (AvgIpc) is 2.86. The number of esters is 1. The van der Waals surface area contributed by atoms with Crippen molar-refractivity contribution in [2.75, 3.05) is 7.11 Å². The van der Waals surface area contributed by atoms with E-state index in [1.54, 1.807) is 11.3 Å². The van der Waals surface area contributed by atoms with Crippen LogP contribution in [0.5, 0.6) is 0 Å². The van der Waals surface area contributed by atoms with Crippen molar-refractivity contribution in [3.63, 3.8) is 0 Å². The topological polar surface area (TPSA) is 38.3 Å². The summed E-state index contributed by atoms with van der Waals surface area (Å²) in [6, 6.07) is 12.2. The summed E-state index contributed by atoms with van der Waals surface area (Å²) in [5.41, 5.74) is 2.17. The van der Waals surface area contributed by atoms with Crippen LogP contribution in [-0.4, -0.2) is 13.1 Å². The largest absolute Gasteiger partial charge is 0.469 e. The molecule has 2 rings (SSSR count). The molecule has 0 aliphatic heterocycles. The van der Waals surface area contributed by atoms with E-state index in [0.29, 0.717) is 6.42 Å². The maximum absolute atomic E-state index is 11.4. The number of rotatable bonds is 6. The number of nitrogens with one attached hydrogen (secondary N) is 1. The summed E-state index contributed by atoms with van der Waals surface area (Å²) in [6.07, 6.45) is 0.326. The van der Waals surface area contributed by atoms with Gasteiger partial charge >= 0.3 is 5.97 Å². The zero-order chi connectivity index (χ0) is 14.4. The molecule has 0 fully saturated rings. The molecule has 3 nitrogen and oxygen atoms in total. The van der Waals surface area contributed by atoms with Crippen LogP contribution in [-0.2, 0) is 29.0 Å². The number of aryl methyl sites for hydroxylation is 1. The molecule has 1 aromatic carbocycles. The van der Waals surface area contributed by atoms with Gasteiger partial charge in [0.05, 0.1) is 13.5 Å². The van der Waals surface area contributed by atoms with Crippen molar-refractivity contribution in [1.82, 2.24) is 5.32 Å². The minimum absolute atomic E-state index is 0.202. The zero-order valence-corrected chi connectivity index (χ0v) is 12.6. The standard InChI is InChI=1S/C16H19NO2S/c1-12-7-8-15(20-12)11-17-10-14-6-4-3-5-13(14)9-16(18)19-2/h3-8,17H,9-11H2,1-2H3. The van der Waals surface area contributed by atoms with E-state index in [9.17, 15) is 4.79 Å². The van der Waals surface area contributed by atoms with Crippen LogP contribution in [0.1, 0.15) is 20.9 Å². The molecule has 0 unspecified atom stereocenters.